The number of aromatic nitrogens is 2. The first-order valence-electron chi connectivity index (χ1n) is 4.92. The summed E-state index contributed by atoms with van der Waals surface area (Å²) in [7, 11) is 0. The second-order valence-corrected chi connectivity index (χ2v) is 4.56. The molecule has 3 nitrogen and oxygen atoms in total. The quantitative estimate of drug-likeness (QED) is 0.872. The first-order valence-corrected chi connectivity index (χ1v) is 5.72. The summed E-state index contributed by atoms with van der Waals surface area (Å²) in [6, 6.07) is 4.12. The summed E-state index contributed by atoms with van der Waals surface area (Å²) in [5.74, 6) is 0.702. The number of halogens is 1. The highest BCUT2D eigenvalue weighted by Gasteiger charge is 2.06. The van der Waals surface area contributed by atoms with Crippen LogP contribution >= 0.6 is 15.9 Å². The topological polar surface area (TPSA) is 51.8 Å². The Balaban J connectivity index is 2.52. The third-order valence-corrected chi connectivity index (χ3v) is 3.62. The normalized spacial score (nSPS) is 10.4. The molecule has 2 rings (SSSR count). The highest BCUT2D eigenvalue weighted by atomic mass is 79.9. The van der Waals surface area contributed by atoms with Gasteiger partial charge in [0.25, 0.3) is 0 Å². The van der Waals surface area contributed by atoms with Gasteiger partial charge in [0.05, 0.1) is 18.1 Å². The third-order valence-electron chi connectivity index (χ3n) is 2.37. The maximum Gasteiger partial charge on any atom is 0.159 e. The molecule has 0 spiro atoms. The molecule has 0 aliphatic carbocycles. The van der Waals surface area contributed by atoms with Crippen molar-refractivity contribution in [3.8, 4) is 11.4 Å². The van der Waals surface area contributed by atoms with E-state index in [4.69, 9.17) is 5.73 Å². The van der Waals surface area contributed by atoms with E-state index >= 15 is 0 Å². The number of hydrogen-bond acceptors (Lipinski definition) is 3. The Morgan fingerprint density at radius 2 is 1.56 bits per heavy atom. The van der Waals surface area contributed by atoms with Crippen LogP contribution in [0.1, 0.15) is 11.1 Å². The van der Waals surface area contributed by atoms with Crippen LogP contribution in [0.3, 0.4) is 0 Å². The van der Waals surface area contributed by atoms with Crippen LogP contribution in [0.5, 0.6) is 0 Å². The summed E-state index contributed by atoms with van der Waals surface area (Å²) < 4.78 is 1.13. The van der Waals surface area contributed by atoms with Crippen LogP contribution in [0.2, 0.25) is 0 Å². The second-order valence-electron chi connectivity index (χ2n) is 3.76. The van der Waals surface area contributed by atoms with Gasteiger partial charge in [0.15, 0.2) is 5.82 Å². The fourth-order valence-corrected chi connectivity index (χ4v) is 1.79. The van der Waals surface area contributed by atoms with Crippen molar-refractivity contribution in [2.24, 2.45) is 0 Å². The number of rotatable bonds is 1. The van der Waals surface area contributed by atoms with E-state index in [1.165, 1.54) is 11.1 Å². The van der Waals surface area contributed by atoms with Gasteiger partial charge in [-0.1, -0.05) is 15.9 Å². The number of anilines is 1. The molecule has 4 heteroatoms. The van der Waals surface area contributed by atoms with Crippen molar-refractivity contribution in [1.82, 2.24) is 9.97 Å². The van der Waals surface area contributed by atoms with E-state index < -0.39 is 0 Å². The lowest BCUT2D eigenvalue weighted by atomic mass is 10.1. The predicted octanol–water partition coefficient (Wildman–Crippen LogP) is 3.11. The minimum atomic E-state index is 0.578. The van der Waals surface area contributed by atoms with Gasteiger partial charge in [-0.25, -0.2) is 9.97 Å². The van der Waals surface area contributed by atoms with Gasteiger partial charge >= 0.3 is 0 Å². The smallest absolute Gasteiger partial charge is 0.159 e. The molecule has 0 saturated carbocycles. The zero-order valence-corrected chi connectivity index (χ0v) is 10.7. The maximum atomic E-state index is 5.56. The molecule has 0 aliphatic heterocycles. The average Bonchev–Trinajstić information content (AvgIpc) is 2.26. The molecule has 2 N–H and O–H groups in total. The van der Waals surface area contributed by atoms with Crippen molar-refractivity contribution in [1.29, 1.82) is 0 Å². The fourth-order valence-electron chi connectivity index (χ4n) is 1.56. The van der Waals surface area contributed by atoms with E-state index in [9.17, 15) is 0 Å². The Bertz CT molecular complexity index is 497. The highest BCUT2D eigenvalue weighted by Crippen LogP contribution is 2.26. The Hall–Kier alpha value is -1.42. The summed E-state index contributed by atoms with van der Waals surface area (Å²) in [6.45, 7) is 4.11. The van der Waals surface area contributed by atoms with Crippen LogP contribution in [0, 0.1) is 13.8 Å². The molecule has 0 radical (unpaired) electrons. The van der Waals surface area contributed by atoms with E-state index in [0.29, 0.717) is 11.5 Å². The maximum absolute atomic E-state index is 5.56. The molecule has 0 amide bonds. The van der Waals surface area contributed by atoms with E-state index in [1.54, 1.807) is 12.4 Å². The van der Waals surface area contributed by atoms with Crippen LogP contribution in [-0.2, 0) is 0 Å². The van der Waals surface area contributed by atoms with E-state index in [1.807, 2.05) is 0 Å². The van der Waals surface area contributed by atoms with E-state index in [-0.39, 0.29) is 0 Å². The third kappa shape index (κ3) is 2.07. The van der Waals surface area contributed by atoms with Gasteiger partial charge in [-0.15, -0.1) is 0 Å². The number of benzene rings is 1. The van der Waals surface area contributed by atoms with Gasteiger partial charge in [-0.05, 0) is 37.1 Å². The van der Waals surface area contributed by atoms with Crippen molar-refractivity contribution in [3.63, 3.8) is 0 Å². The predicted molar refractivity (Wildman–Crippen MR) is 69.1 cm³/mol. The second kappa shape index (κ2) is 4.22. The lowest BCUT2D eigenvalue weighted by Crippen LogP contribution is -1.93. The molecule has 0 aliphatic rings. The Morgan fingerprint density at radius 3 is 2.06 bits per heavy atom. The van der Waals surface area contributed by atoms with Crippen LogP contribution in [0.25, 0.3) is 11.4 Å². The molecule has 0 saturated heterocycles. The number of nitrogens with two attached hydrogens (primary N) is 1. The Labute approximate surface area is 103 Å². The molecule has 0 atom stereocenters. The van der Waals surface area contributed by atoms with Crippen LogP contribution in [0.4, 0.5) is 5.69 Å². The molecule has 2 aromatic rings. The van der Waals surface area contributed by atoms with Gasteiger partial charge in [0.1, 0.15) is 0 Å². The molecular formula is C12H12BrN3. The molecule has 0 fully saturated rings. The summed E-state index contributed by atoms with van der Waals surface area (Å²) >= 11 is 3.54. The minimum absolute atomic E-state index is 0.578. The van der Waals surface area contributed by atoms with Crippen LogP contribution < -0.4 is 5.73 Å². The summed E-state index contributed by atoms with van der Waals surface area (Å²) in [5, 5.41) is 0. The highest BCUT2D eigenvalue weighted by molar-refractivity contribution is 9.10. The number of hydrogen-bond donors (Lipinski definition) is 1. The van der Waals surface area contributed by atoms with Crippen molar-refractivity contribution >= 4 is 21.6 Å². The number of nitrogens with zero attached hydrogens (tertiary/aromatic N) is 2. The zero-order valence-electron chi connectivity index (χ0n) is 9.16. The molecule has 0 bridgehead atoms. The van der Waals surface area contributed by atoms with Gasteiger partial charge in [0.2, 0.25) is 0 Å². The Kier molecular flexibility index (Phi) is 2.92. The van der Waals surface area contributed by atoms with Crippen LogP contribution in [0.15, 0.2) is 29.0 Å². The van der Waals surface area contributed by atoms with Crippen molar-refractivity contribution < 1.29 is 0 Å². The van der Waals surface area contributed by atoms with Gasteiger partial charge in [-0.3, -0.25) is 0 Å². The summed E-state index contributed by atoms with van der Waals surface area (Å²) in [5.41, 5.74) is 9.50. The van der Waals surface area contributed by atoms with E-state index in [0.717, 1.165) is 10.0 Å². The first kappa shape index (κ1) is 11.1. The van der Waals surface area contributed by atoms with Crippen LogP contribution in [-0.4, -0.2) is 9.97 Å². The largest absolute Gasteiger partial charge is 0.396 e. The van der Waals surface area contributed by atoms with Gasteiger partial charge in [0, 0.05) is 10.0 Å². The molecule has 16 heavy (non-hydrogen) atoms. The average molecular weight is 278 g/mol. The molecule has 1 aromatic carbocycles. The minimum Gasteiger partial charge on any atom is -0.396 e. The van der Waals surface area contributed by atoms with Crippen molar-refractivity contribution in [2.75, 3.05) is 5.73 Å². The van der Waals surface area contributed by atoms with Gasteiger partial charge in [-0.2, -0.15) is 0 Å². The van der Waals surface area contributed by atoms with Crippen molar-refractivity contribution in [3.05, 3.63) is 40.1 Å². The molecule has 0 unspecified atom stereocenters. The number of aryl methyl sites for hydroxylation is 2. The lowest BCUT2D eigenvalue weighted by Gasteiger charge is -2.06. The zero-order chi connectivity index (χ0) is 11.7. The first-order chi connectivity index (χ1) is 7.58. The molecule has 1 heterocycles. The summed E-state index contributed by atoms with van der Waals surface area (Å²) in [6.07, 6.45) is 3.24. The SMILES string of the molecule is Cc1cc(-c2ncc(N)cn2)cc(C)c1Br. The van der Waals surface area contributed by atoms with Gasteiger partial charge < -0.3 is 5.73 Å². The fraction of sp³-hybridized carbons (Fsp3) is 0.167. The lowest BCUT2D eigenvalue weighted by molar-refractivity contribution is 1.17. The van der Waals surface area contributed by atoms with E-state index in [2.05, 4.69) is 51.9 Å². The molecule has 1 aromatic heterocycles. The number of nitrogen functional groups attached to an aromatic ring is 1. The summed E-state index contributed by atoms with van der Waals surface area (Å²) in [4.78, 5) is 8.42. The molecule has 82 valence electrons. The Morgan fingerprint density at radius 1 is 1.06 bits per heavy atom. The monoisotopic (exact) mass is 277 g/mol. The van der Waals surface area contributed by atoms with Crippen molar-refractivity contribution in [2.45, 2.75) is 13.8 Å². The molecular weight excluding hydrogens is 266 g/mol. The standard InChI is InChI=1S/C12H12BrN3/c1-7-3-9(4-8(2)11(7)13)12-15-5-10(14)6-16-12/h3-6H,14H2,1-2H3.